The third-order valence-corrected chi connectivity index (χ3v) is 4.70. The van der Waals surface area contributed by atoms with E-state index in [9.17, 15) is 41.7 Å². The number of hydrogen-bond acceptors (Lipinski definition) is 6. The van der Waals surface area contributed by atoms with Gasteiger partial charge in [-0.1, -0.05) is 5.22 Å². The molecule has 0 saturated carbocycles. The summed E-state index contributed by atoms with van der Waals surface area (Å²) < 4.78 is 79.0. The second-order valence-electron chi connectivity index (χ2n) is 7.16. The van der Waals surface area contributed by atoms with Gasteiger partial charge < -0.3 is 0 Å². The van der Waals surface area contributed by atoms with Crippen LogP contribution in [-0.2, 0) is 17.1 Å². The first-order valence-corrected chi connectivity index (χ1v) is 9.35. The van der Waals surface area contributed by atoms with Crippen LogP contribution in [0.2, 0.25) is 0 Å². The van der Waals surface area contributed by atoms with Crippen LogP contribution in [0.25, 0.3) is 0 Å². The summed E-state index contributed by atoms with van der Waals surface area (Å²) in [5.41, 5.74) is -4.19. The second kappa shape index (κ2) is 11.3. The third kappa shape index (κ3) is 7.00. The molecule has 0 saturated heterocycles. The lowest BCUT2D eigenvalue weighted by molar-refractivity contribution is -0.138. The van der Waals surface area contributed by atoms with Crippen molar-refractivity contribution in [1.29, 1.82) is 10.5 Å². The SMILES string of the molecule is Br.CC(C(=O)N(/N=N/c1cc(C(F)(F)F)ccc1C#N)c1cc(C(F)(F)F)ccc1C#N)N(C)C. The number of amides is 1. The molecule has 0 radical (unpaired) electrons. The predicted molar refractivity (Wildman–Crippen MR) is 118 cm³/mol. The van der Waals surface area contributed by atoms with Crippen LogP contribution in [0, 0.1) is 22.7 Å². The molecule has 1 amide bonds. The van der Waals surface area contributed by atoms with Crippen molar-refractivity contribution in [2.45, 2.75) is 25.3 Å². The van der Waals surface area contributed by atoms with Crippen molar-refractivity contribution in [2.75, 3.05) is 19.1 Å². The fourth-order valence-corrected chi connectivity index (χ4v) is 2.56. The van der Waals surface area contributed by atoms with Crippen LogP contribution >= 0.6 is 17.0 Å². The molecule has 0 aliphatic rings. The van der Waals surface area contributed by atoms with E-state index in [0.29, 0.717) is 29.3 Å². The number of likely N-dealkylation sites (N-methyl/N-ethyl adjacent to an activating group) is 1. The highest BCUT2D eigenvalue weighted by Crippen LogP contribution is 2.36. The first-order valence-electron chi connectivity index (χ1n) is 9.35. The number of alkyl halides is 6. The molecular formula is C21H17BrF6N6O. The van der Waals surface area contributed by atoms with Gasteiger partial charge in [-0.2, -0.15) is 41.9 Å². The van der Waals surface area contributed by atoms with E-state index in [1.165, 1.54) is 25.9 Å². The van der Waals surface area contributed by atoms with Crippen molar-refractivity contribution in [3.05, 3.63) is 58.7 Å². The Morgan fingerprint density at radius 3 is 1.86 bits per heavy atom. The van der Waals surface area contributed by atoms with Crippen LogP contribution in [0.1, 0.15) is 29.2 Å². The zero-order chi connectivity index (χ0) is 25.8. The van der Waals surface area contributed by atoms with Gasteiger partial charge in [0.05, 0.1) is 34.0 Å². The number of rotatable bonds is 5. The molecular weight excluding hydrogens is 546 g/mol. The Bertz CT molecular complexity index is 1200. The second-order valence-corrected chi connectivity index (χ2v) is 7.16. The number of halogens is 7. The molecule has 0 N–H and O–H groups in total. The monoisotopic (exact) mass is 562 g/mol. The van der Waals surface area contributed by atoms with Crippen LogP contribution in [0.5, 0.6) is 0 Å². The summed E-state index contributed by atoms with van der Waals surface area (Å²) in [6, 6.07) is 6.28. The summed E-state index contributed by atoms with van der Waals surface area (Å²) in [5, 5.41) is 26.1. The van der Waals surface area contributed by atoms with E-state index in [-0.39, 0.29) is 28.1 Å². The molecule has 1 unspecified atom stereocenters. The van der Waals surface area contributed by atoms with Gasteiger partial charge in [0.15, 0.2) is 0 Å². The van der Waals surface area contributed by atoms with Crippen molar-refractivity contribution in [2.24, 2.45) is 10.3 Å². The molecule has 0 aromatic heterocycles. The largest absolute Gasteiger partial charge is 0.416 e. The van der Waals surface area contributed by atoms with E-state index in [2.05, 4.69) is 10.3 Å². The Balaban J connectivity index is 0.00000612. The first kappa shape index (κ1) is 29.5. The number of hydrogen-bond donors (Lipinski definition) is 0. The van der Waals surface area contributed by atoms with Gasteiger partial charge in [-0.25, -0.2) is 0 Å². The Morgan fingerprint density at radius 1 is 0.914 bits per heavy atom. The van der Waals surface area contributed by atoms with Crippen molar-refractivity contribution in [1.82, 2.24) is 4.90 Å². The highest BCUT2D eigenvalue weighted by Gasteiger charge is 2.34. The van der Waals surface area contributed by atoms with Crippen molar-refractivity contribution in [3.63, 3.8) is 0 Å². The van der Waals surface area contributed by atoms with Crippen molar-refractivity contribution in [3.8, 4) is 12.1 Å². The molecule has 1 atom stereocenters. The van der Waals surface area contributed by atoms with Crippen LogP contribution in [0.15, 0.2) is 46.7 Å². The summed E-state index contributed by atoms with van der Waals surface area (Å²) in [6.07, 6.45) is -9.60. The van der Waals surface area contributed by atoms with Gasteiger partial charge in [0.25, 0.3) is 5.91 Å². The number of benzene rings is 2. The maximum Gasteiger partial charge on any atom is 0.416 e. The van der Waals surface area contributed by atoms with Gasteiger partial charge in [-0.15, -0.1) is 22.1 Å². The fourth-order valence-electron chi connectivity index (χ4n) is 2.56. The molecule has 186 valence electrons. The summed E-state index contributed by atoms with van der Waals surface area (Å²) in [7, 11) is 2.99. The molecule has 0 aliphatic heterocycles. The summed E-state index contributed by atoms with van der Waals surface area (Å²) in [4.78, 5) is 14.4. The molecule has 0 fully saturated rings. The zero-order valence-electron chi connectivity index (χ0n) is 18.3. The molecule has 2 aromatic rings. The van der Waals surface area contributed by atoms with Gasteiger partial charge in [-0.05, 0) is 57.4 Å². The number of carbonyl (C=O) groups is 1. The van der Waals surface area contributed by atoms with Crippen molar-refractivity contribution < 1.29 is 31.1 Å². The van der Waals surface area contributed by atoms with Gasteiger partial charge in [0.2, 0.25) is 0 Å². The molecule has 0 aliphatic carbocycles. The Labute approximate surface area is 206 Å². The Hall–Kier alpha value is -3.49. The van der Waals surface area contributed by atoms with E-state index in [4.69, 9.17) is 0 Å². The third-order valence-electron chi connectivity index (χ3n) is 4.70. The number of anilines is 1. The standard InChI is InChI=1S/C21H16F6N6O.BrH/c1-12(32(2)3)19(34)33(18-9-16(21(25,26)27)7-5-14(18)11-29)31-30-17-8-15(20(22,23)24)6-4-13(17)10-28;/h4-9,12H,1-3H3;1H/b31-30+;. The molecule has 35 heavy (non-hydrogen) atoms. The quantitative estimate of drug-likeness (QED) is 0.252. The summed E-state index contributed by atoms with van der Waals surface area (Å²) >= 11 is 0. The minimum absolute atomic E-state index is 0. The maximum absolute atomic E-state index is 13.3. The number of carbonyl (C=O) groups excluding carboxylic acids is 1. The molecule has 0 heterocycles. The minimum Gasteiger partial charge on any atom is -0.298 e. The average Bonchev–Trinajstić information content (AvgIpc) is 2.76. The smallest absolute Gasteiger partial charge is 0.298 e. The van der Waals surface area contributed by atoms with Gasteiger partial charge >= 0.3 is 12.4 Å². The molecule has 2 rings (SSSR count). The molecule has 2 aromatic carbocycles. The first-order chi connectivity index (χ1) is 15.7. The predicted octanol–water partition coefficient (Wildman–Crippen LogP) is 6.03. The minimum atomic E-state index is -4.82. The van der Waals surface area contributed by atoms with Crippen LogP contribution in [-0.4, -0.2) is 30.9 Å². The molecule has 7 nitrogen and oxygen atoms in total. The Kier molecular flexibility index (Phi) is 9.53. The highest BCUT2D eigenvalue weighted by molar-refractivity contribution is 8.93. The van der Waals surface area contributed by atoms with Crippen LogP contribution in [0.3, 0.4) is 0 Å². The van der Waals surface area contributed by atoms with Gasteiger partial charge in [0.1, 0.15) is 17.8 Å². The van der Waals surface area contributed by atoms with E-state index >= 15 is 0 Å². The average molecular weight is 563 g/mol. The van der Waals surface area contributed by atoms with Gasteiger partial charge in [-0.3, -0.25) is 9.69 Å². The summed E-state index contributed by atoms with van der Waals surface area (Å²) in [5.74, 6) is -0.921. The zero-order valence-corrected chi connectivity index (χ0v) is 20.0. The lowest BCUT2D eigenvalue weighted by Crippen LogP contribution is -2.42. The normalized spacial score (nSPS) is 12.6. The number of nitrogens with zero attached hydrogens (tertiary/aromatic N) is 6. The van der Waals surface area contributed by atoms with Crippen molar-refractivity contribution >= 4 is 34.3 Å². The van der Waals surface area contributed by atoms with E-state index in [0.717, 1.165) is 12.1 Å². The molecule has 14 heteroatoms. The van der Waals surface area contributed by atoms with Crippen LogP contribution in [0.4, 0.5) is 37.7 Å². The van der Waals surface area contributed by atoms with E-state index < -0.39 is 46.8 Å². The number of nitriles is 2. The Morgan fingerprint density at radius 2 is 1.40 bits per heavy atom. The molecule has 0 bridgehead atoms. The lowest BCUT2D eigenvalue weighted by atomic mass is 10.1. The lowest BCUT2D eigenvalue weighted by Gasteiger charge is -2.25. The maximum atomic E-state index is 13.3. The van der Waals surface area contributed by atoms with Gasteiger partial charge in [0, 0.05) is 0 Å². The topological polar surface area (TPSA) is 95.8 Å². The highest BCUT2D eigenvalue weighted by atomic mass is 79.9. The summed E-state index contributed by atoms with van der Waals surface area (Å²) in [6.45, 7) is 1.40. The van der Waals surface area contributed by atoms with E-state index in [1.807, 2.05) is 0 Å². The fraction of sp³-hybridized carbons (Fsp3) is 0.286. The van der Waals surface area contributed by atoms with E-state index in [1.54, 1.807) is 12.1 Å². The van der Waals surface area contributed by atoms with Crippen LogP contribution < -0.4 is 5.01 Å². The molecule has 0 spiro atoms.